The van der Waals surface area contributed by atoms with Gasteiger partial charge >= 0.3 is 5.97 Å². The molecule has 1 aliphatic heterocycles. The first kappa shape index (κ1) is 9.26. The van der Waals surface area contributed by atoms with Gasteiger partial charge in [0.2, 0.25) is 0 Å². The van der Waals surface area contributed by atoms with E-state index < -0.39 is 0 Å². The van der Waals surface area contributed by atoms with E-state index in [0.29, 0.717) is 11.3 Å². The summed E-state index contributed by atoms with van der Waals surface area (Å²) in [5.41, 5.74) is 1.21. The number of hydrogen-bond acceptors (Lipinski definition) is 2. The molecular weight excluding hydrogens is 200 g/mol. The lowest BCUT2D eigenvalue weighted by molar-refractivity contribution is -0.142. The van der Waals surface area contributed by atoms with E-state index in [9.17, 15) is 4.79 Å². The van der Waals surface area contributed by atoms with Crippen LogP contribution in [-0.2, 0) is 9.53 Å². The highest BCUT2D eigenvalue weighted by Gasteiger charge is 2.64. The molecule has 2 nitrogen and oxygen atoms in total. The Morgan fingerprint density at radius 2 is 2.19 bits per heavy atom. The first-order valence-electron chi connectivity index (χ1n) is 6.49. The van der Waals surface area contributed by atoms with Gasteiger partial charge in [-0.2, -0.15) is 0 Å². The van der Waals surface area contributed by atoms with E-state index in [2.05, 4.69) is 13.5 Å². The topological polar surface area (TPSA) is 26.3 Å². The van der Waals surface area contributed by atoms with Crippen molar-refractivity contribution in [3.8, 4) is 0 Å². The molecule has 2 heteroatoms. The Labute approximate surface area is 96.0 Å². The highest BCUT2D eigenvalue weighted by Crippen LogP contribution is 2.70. The van der Waals surface area contributed by atoms with Gasteiger partial charge in [0.25, 0.3) is 0 Å². The van der Waals surface area contributed by atoms with E-state index in [-0.39, 0.29) is 12.1 Å². The van der Waals surface area contributed by atoms with E-state index in [1.807, 2.05) is 0 Å². The van der Waals surface area contributed by atoms with E-state index in [4.69, 9.17) is 4.74 Å². The van der Waals surface area contributed by atoms with Gasteiger partial charge in [0.05, 0.1) is 0 Å². The minimum atomic E-state index is -0.133. The summed E-state index contributed by atoms with van der Waals surface area (Å²) in [6, 6.07) is 0. The molecule has 0 aromatic heterocycles. The molecule has 6 atom stereocenters. The number of rotatable bonds is 0. The second kappa shape index (κ2) is 2.55. The van der Waals surface area contributed by atoms with E-state index >= 15 is 0 Å². The maximum atomic E-state index is 11.5. The number of hydrogen-bond donors (Lipinski definition) is 0. The lowest BCUT2D eigenvalue weighted by Crippen LogP contribution is -2.40. The van der Waals surface area contributed by atoms with Crippen LogP contribution in [0.15, 0.2) is 12.2 Å². The van der Waals surface area contributed by atoms with Crippen molar-refractivity contribution in [2.24, 2.45) is 29.1 Å². The second-order valence-corrected chi connectivity index (χ2v) is 6.56. The van der Waals surface area contributed by atoms with Crippen molar-refractivity contribution >= 4 is 5.97 Å². The molecule has 0 N–H and O–H groups in total. The first-order chi connectivity index (χ1) is 7.59. The fraction of sp³-hybridized carbons (Fsp3) is 0.786. The van der Waals surface area contributed by atoms with Gasteiger partial charge in [0, 0.05) is 11.5 Å². The molecule has 6 unspecified atom stereocenters. The Balaban J connectivity index is 1.67. The van der Waals surface area contributed by atoms with Gasteiger partial charge in [-0.25, -0.2) is 4.79 Å². The normalized spacial score (nSPS) is 57.7. The minimum absolute atomic E-state index is 0.133. The number of ether oxygens (including phenoxy) is 1. The van der Waals surface area contributed by atoms with Gasteiger partial charge in [-0.05, 0) is 48.9 Å². The van der Waals surface area contributed by atoms with Gasteiger partial charge < -0.3 is 4.74 Å². The molecule has 0 aromatic rings. The lowest BCUT2D eigenvalue weighted by atomic mass is 9.62. The Morgan fingerprint density at radius 3 is 3.00 bits per heavy atom. The number of fused-ring (bicyclic) bond motifs is 4. The van der Waals surface area contributed by atoms with Crippen LogP contribution in [0.2, 0.25) is 0 Å². The summed E-state index contributed by atoms with van der Waals surface area (Å²) in [5.74, 6) is 2.96. The zero-order valence-electron chi connectivity index (χ0n) is 9.74. The summed E-state index contributed by atoms with van der Waals surface area (Å²) in [4.78, 5) is 11.5. The molecule has 0 bridgehead atoms. The summed E-state index contributed by atoms with van der Waals surface area (Å²) in [6.45, 7) is 6.34. The fourth-order valence-electron chi connectivity index (χ4n) is 4.83. The van der Waals surface area contributed by atoms with E-state index in [1.54, 1.807) is 0 Å². The summed E-state index contributed by atoms with van der Waals surface area (Å²) in [5, 5.41) is 0. The van der Waals surface area contributed by atoms with Crippen LogP contribution in [0.5, 0.6) is 0 Å². The molecule has 16 heavy (non-hydrogen) atoms. The number of esters is 1. The van der Waals surface area contributed by atoms with Crippen LogP contribution in [0.25, 0.3) is 0 Å². The third-order valence-corrected chi connectivity index (χ3v) is 5.89. The molecule has 0 amide bonds. The fourth-order valence-corrected chi connectivity index (χ4v) is 4.83. The summed E-state index contributed by atoms with van der Waals surface area (Å²) in [6.07, 6.45) is 5.22. The smallest absolute Gasteiger partial charge is 0.334 e. The van der Waals surface area contributed by atoms with Crippen LogP contribution in [0.4, 0.5) is 0 Å². The standard InChI is InChI=1S/C14H18O2/c1-7-10-5-9-3-8-4-11(8)14(9,2)6-12(10)16-13(7)15/h8-12H,1,3-6H2,2H3. The second-order valence-electron chi connectivity index (χ2n) is 6.56. The SMILES string of the molecule is C=C1C(=O)OC2CC3(C)C(CC4CC43)CC12. The first-order valence-corrected chi connectivity index (χ1v) is 6.49. The number of carbonyl (C=O) groups is 1. The van der Waals surface area contributed by atoms with Gasteiger partial charge in [-0.3, -0.25) is 0 Å². The largest absolute Gasteiger partial charge is 0.458 e. The van der Waals surface area contributed by atoms with Gasteiger partial charge in [-0.15, -0.1) is 0 Å². The molecule has 4 aliphatic rings. The molecule has 1 saturated heterocycles. The zero-order valence-corrected chi connectivity index (χ0v) is 9.74. The predicted octanol–water partition coefficient (Wildman–Crippen LogP) is 2.54. The van der Waals surface area contributed by atoms with E-state index in [0.717, 1.165) is 36.2 Å². The molecule has 4 fully saturated rings. The molecule has 1 heterocycles. The lowest BCUT2D eigenvalue weighted by Gasteiger charge is -2.43. The molecule has 3 saturated carbocycles. The average Bonchev–Trinajstić information content (AvgIpc) is 2.89. The van der Waals surface area contributed by atoms with Crippen LogP contribution >= 0.6 is 0 Å². The monoisotopic (exact) mass is 218 g/mol. The summed E-state index contributed by atoms with van der Waals surface area (Å²) in [7, 11) is 0. The van der Waals surface area contributed by atoms with E-state index in [1.165, 1.54) is 12.8 Å². The van der Waals surface area contributed by atoms with Crippen molar-refractivity contribution in [1.29, 1.82) is 0 Å². The van der Waals surface area contributed by atoms with Gasteiger partial charge in [0.15, 0.2) is 0 Å². The molecule has 3 aliphatic carbocycles. The van der Waals surface area contributed by atoms with Crippen molar-refractivity contribution in [3.05, 3.63) is 12.2 Å². The summed E-state index contributed by atoms with van der Waals surface area (Å²) >= 11 is 0. The molecule has 0 spiro atoms. The van der Waals surface area contributed by atoms with Crippen molar-refractivity contribution in [3.63, 3.8) is 0 Å². The van der Waals surface area contributed by atoms with Crippen molar-refractivity contribution in [2.75, 3.05) is 0 Å². The summed E-state index contributed by atoms with van der Waals surface area (Å²) < 4.78 is 5.48. The molecule has 0 aromatic carbocycles. The Morgan fingerprint density at radius 1 is 1.38 bits per heavy atom. The molecule has 4 rings (SSSR count). The third-order valence-electron chi connectivity index (χ3n) is 5.89. The van der Waals surface area contributed by atoms with Crippen molar-refractivity contribution in [2.45, 2.75) is 38.7 Å². The minimum Gasteiger partial charge on any atom is -0.458 e. The van der Waals surface area contributed by atoms with Gasteiger partial charge in [-0.1, -0.05) is 13.5 Å². The van der Waals surface area contributed by atoms with Crippen LogP contribution in [0, 0.1) is 29.1 Å². The van der Waals surface area contributed by atoms with Gasteiger partial charge in [0.1, 0.15) is 6.10 Å². The maximum absolute atomic E-state index is 11.5. The van der Waals surface area contributed by atoms with Crippen LogP contribution in [-0.4, -0.2) is 12.1 Å². The zero-order chi connectivity index (χ0) is 11.1. The molecule has 86 valence electrons. The quantitative estimate of drug-likeness (QED) is 0.461. The Hall–Kier alpha value is -0.790. The highest BCUT2D eigenvalue weighted by atomic mass is 16.6. The molecular formula is C14H18O2. The average molecular weight is 218 g/mol. The highest BCUT2D eigenvalue weighted by molar-refractivity contribution is 5.90. The van der Waals surface area contributed by atoms with Crippen LogP contribution in [0.3, 0.4) is 0 Å². The number of carbonyl (C=O) groups excluding carboxylic acids is 1. The van der Waals surface area contributed by atoms with Crippen molar-refractivity contribution < 1.29 is 9.53 Å². The van der Waals surface area contributed by atoms with Crippen LogP contribution in [0.1, 0.15) is 32.6 Å². The maximum Gasteiger partial charge on any atom is 0.334 e. The van der Waals surface area contributed by atoms with Crippen LogP contribution < -0.4 is 0 Å². The van der Waals surface area contributed by atoms with Crippen molar-refractivity contribution in [1.82, 2.24) is 0 Å². The Kier molecular flexibility index (Phi) is 1.47. The third kappa shape index (κ3) is 0.922. The predicted molar refractivity (Wildman–Crippen MR) is 59.6 cm³/mol. The molecule has 0 radical (unpaired) electrons. The Bertz CT molecular complexity index is 400.